The maximum Gasteiger partial charge on any atom is 0.399 e. The largest absolute Gasteiger partial charge is 0.495 e. The number of hydrogen-bond donors (Lipinski definition) is 2. The quantitative estimate of drug-likeness (QED) is 0.170. The molecular formula is C30H29ClF2NO5PS. The highest BCUT2D eigenvalue weighted by Crippen LogP contribution is 2.60. The molecule has 4 aromatic carbocycles. The molecule has 0 aromatic heterocycles. The van der Waals surface area contributed by atoms with Gasteiger partial charge < -0.3 is 14.5 Å². The van der Waals surface area contributed by atoms with Crippen LogP contribution in [0, 0.1) is 0 Å². The average molecular weight is 620 g/mol. The highest BCUT2D eigenvalue weighted by molar-refractivity contribution is 7.82. The van der Waals surface area contributed by atoms with E-state index >= 15 is 0 Å². The van der Waals surface area contributed by atoms with Gasteiger partial charge in [-0.3, -0.25) is 4.57 Å². The van der Waals surface area contributed by atoms with Crippen LogP contribution in [-0.4, -0.2) is 25.4 Å². The molecule has 216 valence electrons. The van der Waals surface area contributed by atoms with Crippen molar-refractivity contribution in [3.63, 3.8) is 0 Å². The van der Waals surface area contributed by atoms with Gasteiger partial charge in [-0.15, -0.1) is 0 Å². The van der Waals surface area contributed by atoms with Gasteiger partial charge in [0, 0.05) is 13.1 Å². The van der Waals surface area contributed by atoms with E-state index in [2.05, 4.69) is 19.1 Å². The zero-order valence-corrected chi connectivity index (χ0v) is 24.8. The normalized spacial score (nSPS) is 12.9. The summed E-state index contributed by atoms with van der Waals surface area (Å²) in [6.45, 7) is 2.32. The number of methoxy groups -OCH3 is 1. The van der Waals surface area contributed by atoms with Gasteiger partial charge in [0.2, 0.25) is 0 Å². The molecule has 0 aliphatic carbocycles. The molecule has 4 rings (SSSR count). The summed E-state index contributed by atoms with van der Waals surface area (Å²) in [4.78, 5) is 18.7. The lowest BCUT2D eigenvalue weighted by Crippen LogP contribution is -2.26. The lowest BCUT2D eigenvalue weighted by Gasteiger charge is -2.25. The Bertz CT molecular complexity index is 1610. The fourth-order valence-corrected chi connectivity index (χ4v) is 6.64. The molecule has 0 saturated heterocycles. The average Bonchev–Trinajstić information content (AvgIpc) is 2.96. The minimum atomic E-state index is -5.80. The van der Waals surface area contributed by atoms with Crippen LogP contribution < -0.4 is 4.74 Å². The van der Waals surface area contributed by atoms with Crippen molar-refractivity contribution in [1.29, 1.82) is 0 Å². The lowest BCUT2D eigenvalue weighted by atomic mass is 9.97. The van der Waals surface area contributed by atoms with Crippen molar-refractivity contribution < 1.29 is 32.1 Å². The zero-order chi connectivity index (χ0) is 29.8. The number of ether oxygens (including phenoxy) is 1. The number of aryl methyl sites for hydroxylation is 1. The second-order valence-corrected chi connectivity index (χ2v) is 12.8. The van der Waals surface area contributed by atoms with E-state index < -0.39 is 34.8 Å². The second kappa shape index (κ2) is 12.9. The minimum absolute atomic E-state index is 0.0233. The summed E-state index contributed by atoms with van der Waals surface area (Å²) in [5, 5.41) is -0.504. The summed E-state index contributed by atoms with van der Waals surface area (Å²) in [7, 11) is -6.08. The first-order chi connectivity index (χ1) is 19.5. The molecule has 4 aromatic rings. The van der Waals surface area contributed by atoms with Gasteiger partial charge in [0.05, 0.1) is 22.6 Å². The number of para-hydroxylation sites is 1. The van der Waals surface area contributed by atoms with Crippen molar-refractivity contribution >= 4 is 30.2 Å². The van der Waals surface area contributed by atoms with Crippen LogP contribution in [0.4, 0.5) is 8.78 Å². The van der Waals surface area contributed by atoms with E-state index in [1.165, 1.54) is 24.8 Å². The zero-order valence-electron chi connectivity index (χ0n) is 22.3. The van der Waals surface area contributed by atoms with E-state index in [1.54, 1.807) is 28.6 Å². The van der Waals surface area contributed by atoms with Crippen molar-refractivity contribution in [3.05, 3.63) is 118 Å². The Kier molecular flexibility index (Phi) is 9.80. The van der Waals surface area contributed by atoms with Gasteiger partial charge in [0.15, 0.2) is 0 Å². The Hall–Kier alpha value is -2.91. The molecule has 0 amide bonds. The molecule has 11 heteroatoms. The molecule has 0 saturated carbocycles. The third-order valence-electron chi connectivity index (χ3n) is 6.58. The van der Waals surface area contributed by atoms with Crippen LogP contribution in [0.25, 0.3) is 11.1 Å². The highest BCUT2D eigenvalue weighted by Gasteiger charge is 2.51. The number of alkyl halides is 2. The first kappa shape index (κ1) is 31.0. The molecule has 41 heavy (non-hydrogen) atoms. The summed E-state index contributed by atoms with van der Waals surface area (Å²) in [5.74, 6) is 0.425. The van der Waals surface area contributed by atoms with Gasteiger partial charge in [0.25, 0.3) is 0 Å². The van der Waals surface area contributed by atoms with Crippen LogP contribution in [-0.2, 0) is 40.7 Å². The van der Waals surface area contributed by atoms with Crippen LogP contribution in [0.15, 0.2) is 95.9 Å². The first-order valence-corrected chi connectivity index (χ1v) is 15.8. The van der Waals surface area contributed by atoms with E-state index in [1.807, 2.05) is 36.4 Å². The lowest BCUT2D eigenvalue weighted by molar-refractivity contribution is 0.0565. The predicted molar refractivity (Wildman–Crippen MR) is 157 cm³/mol. The maximum atomic E-state index is 14.4. The van der Waals surface area contributed by atoms with Crippen LogP contribution in [0.5, 0.6) is 5.75 Å². The molecular weight excluding hydrogens is 591 g/mol. The summed E-state index contributed by atoms with van der Waals surface area (Å²) in [5.41, 5.74) is -0.972. The van der Waals surface area contributed by atoms with Gasteiger partial charge in [-0.1, -0.05) is 91.3 Å². The van der Waals surface area contributed by atoms with Crippen LogP contribution in [0.2, 0.25) is 5.02 Å². The highest BCUT2D eigenvalue weighted by atomic mass is 35.5. The molecule has 0 aliphatic heterocycles. The topological polar surface area (TPSA) is 87.1 Å². The van der Waals surface area contributed by atoms with Crippen molar-refractivity contribution in [2.45, 2.75) is 37.0 Å². The summed E-state index contributed by atoms with van der Waals surface area (Å²) < 4.78 is 61.3. The predicted octanol–water partition coefficient (Wildman–Crippen LogP) is 7.53. The van der Waals surface area contributed by atoms with Gasteiger partial charge in [-0.2, -0.15) is 8.78 Å². The van der Waals surface area contributed by atoms with E-state index in [-0.39, 0.29) is 13.1 Å². The Balaban J connectivity index is 1.75. The van der Waals surface area contributed by atoms with Gasteiger partial charge >= 0.3 is 13.3 Å². The Morgan fingerprint density at radius 2 is 1.63 bits per heavy atom. The van der Waals surface area contributed by atoms with E-state index in [4.69, 9.17) is 26.1 Å². The molecule has 0 spiro atoms. The van der Waals surface area contributed by atoms with Crippen molar-refractivity contribution in [2.75, 3.05) is 7.11 Å². The fraction of sp³-hybridized carbons (Fsp3) is 0.200. The smallest absolute Gasteiger partial charge is 0.399 e. The standard InChI is InChI=1S/C30H29ClF2NO5PS/c1-3-21-9-8-11-23(17-21)25-12-5-4-10-24(25)20-34(41(38)29-14-7-6-13-28(29)39-2)19-22-15-16-26(27(31)18-22)30(32,33)40(35,36)37/h4-18H,3,19-20H2,1-2H3,(H2,35,36,37). The van der Waals surface area contributed by atoms with Gasteiger partial charge in [-0.25, -0.2) is 8.51 Å². The molecule has 0 heterocycles. The van der Waals surface area contributed by atoms with E-state index in [0.29, 0.717) is 16.2 Å². The fourth-order valence-electron chi connectivity index (χ4n) is 4.43. The Morgan fingerprint density at radius 3 is 2.32 bits per heavy atom. The molecule has 0 aliphatic rings. The molecule has 0 bridgehead atoms. The minimum Gasteiger partial charge on any atom is -0.495 e. The third-order valence-corrected chi connectivity index (χ3v) is 9.31. The van der Waals surface area contributed by atoms with Crippen LogP contribution in [0.1, 0.15) is 29.2 Å². The molecule has 0 radical (unpaired) electrons. The molecule has 1 unspecified atom stereocenters. The maximum absolute atomic E-state index is 14.4. The van der Waals surface area contributed by atoms with Crippen molar-refractivity contribution in [3.8, 4) is 16.9 Å². The third kappa shape index (κ3) is 6.95. The number of rotatable bonds is 11. The summed E-state index contributed by atoms with van der Waals surface area (Å²) in [6, 6.07) is 26.2. The van der Waals surface area contributed by atoms with E-state index in [0.717, 1.165) is 29.2 Å². The van der Waals surface area contributed by atoms with Crippen molar-refractivity contribution in [1.82, 2.24) is 4.31 Å². The van der Waals surface area contributed by atoms with Crippen LogP contribution >= 0.6 is 19.2 Å². The number of hydrogen-bond acceptors (Lipinski definition) is 3. The van der Waals surface area contributed by atoms with Crippen molar-refractivity contribution in [2.24, 2.45) is 0 Å². The number of halogens is 3. The summed E-state index contributed by atoms with van der Waals surface area (Å²) >= 11 is 6.10. The van der Waals surface area contributed by atoms with Gasteiger partial charge in [0.1, 0.15) is 16.7 Å². The van der Waals surface area contributed by atoms with Crippen LogP contribution in [0.3, 0.4) is 0 Å². The second-order valence-electron chi connectivity index (χ2n) is 9.31. The number of nitrogens with zero attached hydrogens (tertiary/aromatic N) is 1. The van der Waals surface area contributed by atoms with Gasteiger partial charge in [-0.05, 0) is 52.4 Å². The summed E-state index contributed by atoms with van der Waals surface area (Å²) in [6.07, 6.45) is 0.873. The molecule has 1 atom stereocenters. The van der Waals surface area contributed by atoms with E-state index in [9.17, 15) is 17.6 Å². The number of benzene rings is 4. The molecule has 0 fully saturated rings. The molecule has 6 nitrogen and oxygen atoms in total. The SMILES string of the molecule is CCc1cccc(-c2ccccc2CN(Cc2ccc(C(F)(F)P(=O)(O)O)c(Cl)c2)S(=O)c2ccccc2OC)c1. The first-order valence-electron chi connectivity index (χ1n) is 12.7. The Morgan fingerprint density at radius 1 is 0.927 bits per heavy atom. The molecule has 2 N–H and O–H groups in total. The Labute approximate surface area is 245 Å². The monoisotopic (exact) mass is 619 g/mol.